The highest BCUT2D eigenvalue weighted by atomic mass is 16.5. The van der Waals surface area contributed by atoms with Crippen molar-refractivity contribution in [2.24, 2.45) is 0 Å². The van der Waals surface area contributed by atoms with Crippen molar-refractivity contribution >= 4 is 17.8 Å². The van der Waals surface area contributed by atoms with Gasteiger partial charge in [0.1, 0.15) is 5.76 Å². The summed E-state index contributed by atoms with van der Waals surface area (Å²) in [6, 6.07) is 3.43. The van der Waals surface area contributed by atoms with E-state index in [2.05, 4.69) is 0 Å². The Morgan fingerprint density at radius 3 is 2.75 bits per heavy atom. The molecule has 0 radical (unpaired) electrons. The summed E-state index contributed by atoms with van der Waals surface area (Å²) in [5, 5.41) is 0. The lowest BCUT2D eigenvalue weighted by molar-refractivity contribution is -0.142. The fourth-order valence-electron chi connectivity index (χ4n) is 1.19. The second-order valence-corrected chi connectivity index (χ2v) is 3.22. The van der Waals surface area contributed by atoms with Crippen LogP contribution >= 0.6 is 0 Å². The van der Waals surface area contributed by atoms with E-state index in [-0.39, 0.29) is 12.2 Å². The number of carbonyl (C=O) groups is 2. The molecule has 1 aromatic rings. The van der Waals surface area contributed by atoms with Crippen molar-refractivity contribution in [3.8, 4) is 0 Å². The third-order valence-electron chi connectivity index (χ3n) is 1.95. The first-order valence-corrected chi connectivity index (χ1v) is 5.04. The smallest absolute Gasteiger partial charge is 0.310 e. The summed E-state index contributed by atoms with van der Waals surface area (Å²) in [5.41, 5.74) is 0.383. The zero-order valence-electron chi connectivity index (χ0n) is 9.36. The number of rotatable bonds is 5. The lowest BCUT2D eigenvalue weighted by Gasteiger charge is -2.03. The molecule has 0 unspecified atom stereocenters. The van der Waals surface area contributed by atoms with E-state index in [0.717, 1.165) is 0 Å². The minimum absolute atomic E-state index is 0.0239. The zero-order valence-corrected chi connectivity index (χ0v) is 9.36. The summed E-state index contributed by atoms with van der Waals surface area (Å²) in [5.74, 6) is -0.0190. The molecule has 1 aromatic heterocycles. The van der Waals surface area contributed by atoms with Crippen LogP contribution in [-0.2, 0) is 14.3 Å². The van der Waals surface area contributed by atoms with Crippen LogP contribution in [0.3, 0.4) is 0 Å². The van der Waals surface area contributed by atoms with Crippen LogP contribution in [-0.4, -0.2) is 18.4 Å². The minimum atomic E-state index is -0.407. The summed E-state index contributed by atoms with van der Waals surface area (Å²) >= 11 is 0. The van der Waals surface area contributed by atoms with E-state index in [4.69, 9.17) is 9.15 Å². The lowest BCUT2D eigenvalue weighted by Crippen LogP contribution is -2.08. The average molecular weight is 222 g/mol. The van der Waals surface area contributed by atoms with E-state index >= 15 is 0 Å². The fourth-order valence-corrected chi connectivity index (χ4v) is 1.19. The van der Waals surface area contributed by atoms with E-state index in [1.807, 2.05) is 0 Å². The summed E-state index contributed by atoms with van der Waals surface area (Å²) in [7, 11) is 0. The third-order valence-corrected chi connectivity index (χ3v) is 1.95. The Balaban J connectivity index is 2.76. The number of furan rings is 1. The van der Waals surface area contributed by atoms with Crippen LogP contribution in [0, 0.1) is 0 Å². The maximum atomic E-state index is 11.3. The highest BCUT2D eigenvalue weighted by Gasteiger charge is 2.11. The first kappa shape index (κ1) is 12.2. The molecule has 0 N–H and O–H groups in total. The van der Waals surface area contributed by atoms with E-state index < -0.39 is 5.97 Å². The Morgan fingerprint density at radius 1 is 1.50 bits per heavy atom. The van der Waals surface area contributed by atoms with Crippen LogP contribution in [0.5, 0.6) is 0 Å². The summed E-state index contributed by atoms with van der Waals surface area (Å²) in [6.07, 6.45) is 3.04. The number of hydrogen-bond donors (Lipinski definition) is 0. The van der Waals surface area contributed by atoms with Crippen LogP contribution in [0.4, 0.5) is 0 Å². The minimum Gasteiger partial charge on any atom is -0.466 e. The Labute approximate surface area is 93.9 Å². The zero-order chi connectivity index (χ0) is 12.0. The Kier molecular flexibility index (Phi) is 4.51. The van der Waals surface area contributed by atoms with Gasteiger partial charge >= 0.3 is 5.97 Å². The van der Waals surface area contributed by atoms with Crippen LogP contribution < -0.4 is 0 Å². The topological polar surface area (TPSA) is 56.5 Å². The second kappa shape index (κ2) is 5.90. The summed E-state index contributed by atoms with van der Waals surface area (Å²) in [4.78, 5) is 22.5. The van der Waals surface area contributed by atoms with Gasteiger partial charge in [-0.3, -0.25) is 9.59 Å². The third kappa shape index (κ3) is 3.73. The number of ether oxygens (including phenoxy) is 1. The normalized spacial score (nSPS) is 11.2. The van der Waals surface area contributed by atoms with E-state index in [1.54, 1.807) is 25.1 Å². The predicted molar refractivity (Wildman–Crippen MR) is 58.6 cm³/mol. The molecular weight excluding hydrogens is 208 g/mol. The van der Waals surface area contributed by atoms with Gasteiger partial charge in [-0.1, -0.05) is 0 Å². The monoisotopic (exact) mass is 222 g/mol. The molecule has 16 heavy (non-hydrogen) atoms. The van der Waals surface area contributed by atoms with Gasteiger partial charge in [0.25, 0.3) is 0 Å². The number of carbonyl (C=O) groups excluding carboxylic acids is 2. The van der Waals surface area contributed by atoms with Gasteiger partial charge in [0.05, 0.1) is 19.3 Å². The molecular formula is C12H14O4. The van der Waals surface area contributed by atoms with Crippen LogP contribution in [0.1, 0.15) is 26.0 Å². The van der Waals surface area contributed by atoms with Crippen molar-refractivity contribution in [2.45, 2.75) is 20.3 Å². The molecule has 0 bridgehead atoms. The van der Waals surface area contributed by atoms with E-state index in [0.29, 0.717) is 17.9 Å². The van der Waals surface area contributed by atoms with Crippen molar-refractivity contribution in [1.29, 1.82) is 0 Å². The van der Waals surface area contributed by atoms with Crippen molar-refractivity contribution < 1.29 is 18.7 Å². The second-order valence-electron chi connectivity index (χ2n) is 3.22. The molecule has 0 fully saturated rings. The molecule has 0 aliphatic heterocycles. The quantitative estimate of drug-likeness (QED) is 0.566. The van der Waals surface area contributed by atoms with Crippen LogP contribution in [0.2, 0.25) is 0 Å². The maximum Gasteiger partial charge on any atom is 0.310 e. The van der Waals surface area contributed by atoms with Gasteiger partial charge in [0.2, 0.25) is 0 Å². The molecule has 0 spiro atoms. The van der Waals surface area contributed by atoms with Gasteiger partial charge in [-0.05, 0) is 32.1 Å². The molecule has 1 heterocycles. The highest BCUT2D eigenvalue weighted by Crippen LogP contribution is 2.12. The SMILES string of the molecule is CCOC(=O)C/C(=C/c1ccco1)C(C)=O. The van der Waals surface area contributed by atoms with Crippen LogP contribution in [0.15, 0.2) is 28.4 Å². The van der Waals surface area contributed by atoms with E-state index in [9.17, 15) is 9.59 Å². The largest absolute Gasteiger partial charge is 0.466 e. The van der Waals surface area contributed by atoms with Gasteiger partial charge < -0.3 is 9.15 Å². The Morgan fingerprint density at radius 2 is 2.25 bits per heavy atom. The highest BCUT2D eigenvalue weighted by molar-refractivity contribution is 6.01. The molecule has 0 saturated heterocycles. The summed E-state index contributed by atoms with van der Waals surface area (Å²) in [6.45, 7) is 3.44. The van der Waals surface area contributed by atoms with Gasteiger partial charge in [-0.15, -0.1) is 0 Å². The Bertz CT molecular complexity index is 387. The van der Waals surface area contributed by atoms with Crippen LogP contribution in [0.25, 0.3) is 6.08 Å². The van der Waals surface area contributed by atoms with Crippen molar-refractivity contribution in [3.63, 3.8) is 0 Å². The lowest BCUT2D eigenvalue weighted by atomic mass is 10.1. The molecule has 4 heteroatoms. The molecule has 0 saturated carbocycles. The molecule has 86 valence electrons. The number of hydrogen-bond acceptors (Lipinski definition) is 4. The standard InChI is InChI=1S/C12H14O4/c1-3-15-12(14)8-10(9(2)13)7-11-5-4-6-16-11/h4-7H,3,8H2,1-2H3/b10-7-. The van der Waals surface area contributed by atoms with Gasteiger partial charge in [-0.2, -0.15) is 0 Å². The molecule has 4 nitrogen and oxygen atoms in total. The maximum absolute atomic E-state index is 11.3. The van der Waals surface area contributed by atoms with Gasteiger partial charge in [0.15, 0.2) is 5.78 Å². The molecule has 0 atom stereocenters. The van der Waals surface area contributed by atoms with Crippen molar-refractivity contribution in [2.75, 3.05) is 6.61 Å². The Hall–Kier alpha value is -1.84. The molecule has 1 rings (SSSR count). The first-order chi connectivity index (χ1) is 7.63. The summed E-state index contributed by atoms with van der Waals surface area (Å²) < 4.78 is 9.85. The molecule has 0 amide bonds. The predicted octanol–water partition coefficient (Wildman–Crippen LogP) is 2.21. The van der Waals surface area contributed by atoms with Crippen molar-refractivity contribution in [1.82, 2.24) is 0 Å². The van der Waals surface area contributed by atoms with Gasteiger partial charge in [0, 0.05) is 5.57 Å². The van der Waals surface area contributed by atoms with Gasteiger partial charge in [-0.25, -0.2) is 0 Å². The molecule has 0 aromatic carbocycles. The van der Waals surface area contributed by atoms with Crippen molar-refractivity contribution in [3.05, 3.63) is 29.7 Å². The number of ketones is 1. The number of esters is 1. The fraction of sp³-hybridized carbons (Fsp3) is 0.333. The molecule has 0 aliphatic carbocycles. The average Bonchev–Trinajstić information content (AvgIpc) is 2.69. The first-order valence-electron chi connectivity index (χ1n) is 5.04. The molecule has 0 aliphatic rings. The number of Topliss-reactive ketones (excluding diaryl/α,β-unsaturated/α-hetero) is 1. The van der Waals surface area contributed by atoms with E-state index in [1.165, 1.54) is 13.2 Å².